The Morgan fingerprint density at radius 3 is 2.52 bits per heavy atom. The molecule has 0 bridgehead atoms. The summed E-state index contributed by atoms with van der Waals surface area (Å²) < 4.78 is 44.6. The van der Waals surface area contributed by atoms with Crippen molar-refractivity contribution in [3.63, 3.8) is 0 Å². The maximum Gasteiger partial charge on any atom is 0.354 e. The fourth-order valence-electron chi connectivity index (χ4n) is 3.68. The highest BCUT2D eigenvalue weighted by molar-refractivity contribution is 7.89. The molecule has 1 aliphatic heterocycles. The van der Waals surface area contributed by atoms with Crippen LogP contribution in [0.3, 0.4) is 0 Å². The minimum absolute atomic E-state index is 0.0853. The normalized spacial score (nSPS) is 16.5. The third-order valence-corrected chi connectivity index (χ3v) is 7.48. The zero-order chi connectivity index (χ0) is 24.3. The highest BCUT2D eigenvalue weighted by Crippen LogP contribution is 2.36. The fraction of sp³-hybridized carbons (Fsp3) is 0.429. The number of halogens is 1. The molecule has 1 N–H and O–H groups in total. The highest BCUT2D eigenvalue weighted by Gasteiger charge is 2.40. The van der Waals surface area contributed by atoms with Crippen LogP contribution in [0, 0.1) is 0 Å². The van der Waals surface area contributed by atoms with Crippen molar-refractivity contribution in [3.05, 3.63) is 35.1 Å². The van der Waals surface area contributed by atoms with E-state index in [2.05, 4.69) is 5.32 Å². The molecule has 1 aromatic heterocycles. The van der Waals surface area contributed by atoms with Crippen LogP contribution in [-0.2, 0) is 26.6 Å². The molecule has 1 fully saturated rings. The first-order valence-corrected chi connectivity index (χ1v) is 12.0. The standard InChI is InChI=1S/C21H26ClN3O7S/c1-5-32-21(27)17-9-13(12-24(17)2)33(28,29)25-8-6-7-16(25)20(26)23-15-10-14(22)18(30-3)11-19(15)31-4/h9-12,16H,5-8H2,1-4H3,(H,23,26)/t16-/m1/s1. The number of carbonyl (C=O) groups is 2. The number of aromatic nitrogens is 1. The van der Waals surface area contributed by atoms with Gasteiger partial charge in [0.15, 0.2) is 0 Å². The van der Waals surface area contributed by atoms with Crippen molar-refractivity contribution in [2.45, 2.75) is 30.7 Å². The Morgan fingerprint density at radius 2 is 1.88 bits per heavy atom. The van der Waals surface area contributed by atoms with Gasteiger partial charge in [0, 0.05) is 25.9 Å². The third-order valence-electron chi connectivity index (χ3n) is 5.31. The summed E-state index contributed by atoms with van der Waals surface area (Å²) in [4.78, 5) is 25.1. The Hall–Kier alpha value is -2.76. The van der Waals surface area contributed by atoms with Crippen LogP contribution in [0.1, 0.15) is 30.3 Å². The van der Waals surface area contributed by atoms with Gasteiger partial charge in [-0.3, -0.25) is 4.79 Å². The predicted octanol–water partition coefficient (Wildman–Crippen LogP) is 2.66. The highest BCUT2D eigenvalue weighted by atomic mass is 35.5. The van der Waals surface area contributed by atoms with Crippen molar-refractivity contribution < 1.29 is 32.2 Å². The number of nitrogens with one attached hydrogen (secondary N) is 1. The van der Waals surface area contributed by atoms with E-state index in [1.165, 1.54) is 43.2 Å². The molecule has 2 heterocycles. The van der Waals surface area contributed by atoms with Gasteiger partial charge < -0.3 is 24.1 Å². The second-order valence-corrected chi connectivity index (χ2v) is 9.64. The summed E-state index contributed by atoms with van der Waals surface area (Å²) in [7, 11) is 0.399. The molecule has 180 valence electrons. The Balaban J connectivity index is 1.86. The van der Waals surface area contributed by atoms with Crippen LogP contribution in [0.15, 0.2) is 29.3 Å². The van der Waals surface area contributed by atoms with Crippen LogP contribution < -0.4 is 14.8 Å². The lowest BCUT2D eigenvalue weighted by Gasteiger charge is -2.23. The Labute approximate surface area is 197 Å². The van der Waals surface area contributed by atoms with E-state index in [0.717, 1.165) is 4.31 Å². The van der Waals surface area contributed by atoms with Gasteiger partial charge in [0.1, 0.15) is 28.1 Å². The van der Waals surface area contributed by atoms with Crippen LogP contribution in [0.2, 0.25) is 5.02 Å². The van der Waals surface area contributed by atoms with Crippen LogP contribution in [0.5, 0.6) is 11.5 Å². The molecule has 0 spiro atoms. The number of benzene rings is 1. The molecular weight excluding hydrogens is 474 g/mol. The molecule has 1 atom stereocenters. The SMILES string of the molecule is CCOC(=O)c1cc(S(=O)(=O)N2CCC[C@@H]2C(=O)Nc2cc(Cl)c(OC)cc2OC)cn1C. The van der Waals surface area contributed by atoms with Crippen molar-refractivity contribution in [1.29, 1.82) is 0 Å². The zero-order valence-electron chi connectivity index (χ0n) is 18.8. The van der Waals surface area contributed by atoms with E-state index in [4.69, 9.17) is 25.8 Å². The Bertz CT molecular complexity index is 1160. The number of hydrogen-bond acceptors (Lipinski definition) is 7. The lowest BCUT2D eigenvalue weighted by atomic mass is 10.2. The summed E-state index contributed by atoms with van der Waals surface area (Å²) in [5.41, 5.74) is 0.398. The average molecular weight is 500 g/mol. The van der Waals surface area contributed by atoms with Gasteiger partial charge in [-0.25, -0.2) is 13.2 Å². The first kappa shape index (κ1) is 24.9. The number of ether oxygens (including phenoxy) is 3. The van der Waals surface area contributed by atoms with Gasteiger partial charge in [-0.1, -0.05) is 11.6 Å². The molecule has 12 heteroatoms. The van der Waals surface area contributed by atoms with Crippen molar-refractivity contribution in [2.75, 3.05) is 32.7 Å². The van der Waals surface area contributed by atoms with E-state index in [9.17, 15) is 18.0 Å². The van der Waals surface area contributed by atoms with Gasteiger partial charge in [-0.05, 0) is 31.9 Å². The molecule has 1 saturated heterocycles. The molecule has 0 unspecified atom stereocenters. The summed E-state index contributed by atoms with van der Waals surface area (Å²) in [6, 6.07) is 3.33. The molecular formula is C21H26ClN3O7S. The zero-order valence-corrected chi connectivity index (χ0v) is 20.3. The maximum atomic E-state index is 13.3. The number of amides is 1. The lowest BCUT2D eigenvalue weighted by Crippen LogP contribution is -2.43. The third kappa shape index (κ3) is 4.94. The predicted molar refractivity (Wildman–Crippen MR) is 121 cm³/mol. The van der Waals surface area contributed by atoms with Crippen LogP contribution >= 0.6 is 11.6 Å². The van der Waals surface area contributed by atoms with E-state index in [1.54, 1.807) is 14.0 Å². The smallest absolute Gasteiger partial charge is 0.354 e. The fourth-order valence-corrected chi connectivity index (χ4v) is 5.65. The Morgan fingerprint density at radius 1 is 1.18 bits per heavy atom. The molecule has 0 radical (unpaired) electrons. The lowest BCUT2D eigenvalue weighted by molar-refractivity contribution is -0.119. The van der Waals surface area contributed by atoms with Gasteiger partial charge in [0.05, 0.1) is 31.5 Å². The van der Waals surface area contributed by atoms with Crippen molar-refractivity contribution >= 4 is 39.2 Å². The number of esters is 1. The molecule has 3 rings (SSSR count). The molecule has 33 heavy (non-hydrogen) atoms. The first-order valence-electron chi connectivity index (χ1n) is 10.2. The topological polar surface area (TPSA) is 116 Å². The number of anilines is 1. The van der Waals surface area contributed by atoms with E-state index >= 15 is 0 Å². The van der Waals surface area contributed by atoms with E-state index in [-0.39, 0.29) is 28.8 Å². The van der Waals surface area contributed by atoms with Crippen LogP contribution in [0.25, 0.3) is 0 Å². The van der Waals surface area contributed by atoms with Gasteiger partial charge in [-0.2, -0.15) is 4.31 Å². The summed E-state index contributed by atoms with van der Waals surface area (Å²) in [5.74, 6) is -0.449. The van der Waals surface area contributed by atoms with E-state index < -0.39 is 27.9 Å². The summed E-state index contributed by atoms with van der Waals surface area (Å²) in [6.45, 7) is 2.00. The van der Waals surface area contributed by atoms with E-state index in [1.807, 2.05) is 0 Å². The minimum atomic E-state index is -4.04. The molecule has 10 nitrogen and oxygen atoms in total. The average Bonchev–Trinajstić information content (AvgIpc) is 3.42. The number of carbonyl (C=O) groups excluding carboxylic acids is 2. The number of nitrogens with zero attached hydrogens (tertiary/aromatic N) is 2. The molecule has 1 aliphatic rings. The summed E-state index contributed by atoms with van der Waals surface area (Å²) in [6.07, 6.45) is 2.19. The number of rotatable bonds is 8. The Kier molecular flexibility index (Phi) is 7.55. The second-order valence-electron chi connectivity index (χ2n) is 7.34. The quantitative estimate of drug-likeness (QED) is 0.555. The minimum Gasteiger partial charge on any atom is -0.495 e. The summed E-state index contributed by atoms with van der Waals surface area (Å²) in [5, 5.41) is 2.98. The van der Waals surface area contributed by atoms with Gasteiger partial charge in [0.25, 0.3) is 0 Å². The number of hydrogen-bond donors (Lipinski definition) is 1. The second kappa shape index (κ2) is 10.0. The van der Waals surface area contributed by atoms with Crippen LogP contribution in [0.4, 0.5) is 5.69 Å². The first-order chi connectivity index (χ1) is 15.6. The molecule has 1 amide bonds. The van der Waals surface area contributed by atoms with Crippen molar-refractivity contribution in [2.24, 2.45) is 7.05 Å². The monoisotopic (exact) mass is 499 g/mol. The molecule has 0 aliphatic carbocycles. The van der Waals surface area contributed by atoms with Gasteiger partial charge >= 0.3 is 5.97 Å². The molecule has 1 aromatic carbocycles. The van der Waals surface area contributed by atoms with Gasteiger partial charge in [-0.15, -0.1) is 0 Å². The van der Waals surface area contributed by atoms with Crippen molar-refractivity contribution in [1.82, 2.24) is 8.87 Å². The maximum absolute atomic E-state index is 13.3. The van der Waals surface area contributed by atoms with Crippen molar-refractivity contribution in [3.8, 4) is 11.5 Å². The largest absolute Gasteiger partial charge is 0.495 e. The van der Waals surface area contributed by atoms with E-state index in [0.29, 0.717) is 30.0 Å². The number of sulfonamides is 1. The number of methoxy groups -OCH3 is 2. The van der Waals surface area contributed by atoms with Crippen LogP contribution in [-0.4, -0.2) is 62.6 Å². The summed E-state index contributed by atoms with van der Waals surface area (Å²) >= 11 is 6.17. The number of aryl methyl sites for hydroxylation is 1. The molecule has 0 saturated carbocycles. The van der Waals surface area contributed by atoms with Gasteiger partial charge in [0.2, 0.25) is 15.9 Å². The molecule has 2 aromatic rings.